The Morgan fingerprint density at radius 3 is 2.68 bits per heavy atom. The molecule has 0 spiro atoms. The van der Waals surface area contributed by atoms with E-state index in [0.717, 1.165) is 42.1 Å². The summed E-state index contributed by atoms with van der Waals surface area (Å²) < 4.78 is 0. The number of piperidine rings is 1. The molecule has 0 unspecified atom stereocenters. The van der Waals surface area contributed by atoms with Crippen LogP contribution in [0.15, 0.2) is 60.9 Å². The predicted molar refractivity (Wildman–Crippen MR) is 110 cm³/mol. The lowest BCUT2D eigenvalue weighted by molar-refractivity contribution is -0.120. The number of hydrogen-bond acceptors (Lipinski definition) is 5. The number of carbonyl (C=O) groups is 1. The molecule has 1 amide bonds. The van der Waals surface area contributed by atoms with E-state index in [0.29, 0.717) is 11.6 Å². The van der Waals surface area contributed by atoms with Gasteiger partial charge in [-0.15, -0.1) is 10.2 Å². The lowest BCUT2D eigenvalue weighted by Crippen LogP contribution is -2.41. The molecule has 2 aromatic heterocycles. The standard InChI is InChI=1S/C21H20ClN5O/c22-17-7-5-15(6-8-17)19-9-10-20(26-25-19)27-12-2-3-16(14-27)21(28)24-18-4-1-11-23-13-18/h1,4-11,13,16H,2-3,12,14H2,(H,24,28)/t16-/m0/s1. The highest BCUT2D eigenvalue weighted by Crippen LogP contribution is 2.25. The summed E-state index contributed by atoms with van der Waals surface area (Å²) in [4.78, 5) is 18.8. The molecule has 0 saturated carbocycles. The molecular weight excluding hydrogens is 374 g/mol. The molecule has 0 radical (unpaired) electrons. The first-order valence-corrected chi connectivity index (χ1v) is 9.62. The number of aromatic nitrogens is 3. The SMILES string of the molecule is O=C(Nc1cccnc1)[C@H]1CCCN(c2ccc(-c3ccc(Cl)cc3)nn2)C1. The molecule has 1 N–H and O–H groups in total. The Morgan fingerprint density at radius 1 is 1.11 bits per heavy atom. The summed E-state index contributed by atoms with van der Waals surface area (Å²) in [6.45, 7) is 1.49. The summed E-state index contributed by atoms with van der Waals surface area (Å²) in [6.07, 6.45) is 5.13. The Morgan fingerprint density at radius 2 is 1.96 bits per heavy atom. The average molecular weight is 394 g/mol. The number of nitrogens with zero attached hydrogens (tertiary/aromatic N) is 4. The Labute approximate surface area is 168 Å². The van der Waals surface area contributed by atoms with Crippen molar-refractivity contribution < 1.29 is 4.79 Å². The van der Waals surface area contributed by atoms with Crippen LogP contribution in [0.25, 0.3) is 11.3 Å². The minimum absolute atomic E-state index is 0.0171. The zero-order valence-electron chi connectivity index (χ0n) is 15.3. The van der Waals surface area contributed by atoms with Gasteiger partial charge in [-0.1, -0.05) is 23.7 Å². The predicted octanol–water partition coefficient (Wildman–Crippen LogP) is 4.05. The third kappa shape index (κ3) is 4.28. The molecule has 1 aliphatic rings. The van der Waals surface area contributed by atoms with Crippen molar-refractivity contribution in [1.82, 2.24) is 15.2 Å². The molecule has 1 aromatic carbocycles. The van der Waals surface area contributed by atoms with E-state index in [4.69, 9.17) is 11.6 Å². The van der Waals surface area contributed by atoms with Crippen molar-refractivity contribution >= 4 is 29.0 Å². The second-order valence-electron chi connectivity index (χ2n) is 6.80. The number of amides is 1. The quantitative estimate of drug-likeness (QED) is 0.724. The first kappa shape index (κ1) is 18.4. The van der Waals surface area contributed by atoms with E-state index in [1.165, 1.54) is 0 Å². The van der Waals surface area contributed by atoms with Crippen LogP contribution in [0.3, 0.4) is 0 Å². The highest BCUT2D eigenvalue weighted by atomic mass is 35.5. The molecule has 1 fully saturated rings. The van der Waals surface area contributed by atoms with Crippen LogP contribution in [-0.2, 0) is 4.79 Å². The number of pyridine rings is 1. The van der Waals surface area contributed by atoms with E-state index in [1.54, 1.807) is 18.5 Å². The minimum Gasteiger partial charge on any atom is -0.354 e. The second-order valence-corrected chi connectivity index (χ2v) is 7.24. The number of benzene rings is 1. The maximum Gasteiger partial charge on any atom is 0.229 e. The fraction of sp³-hybridized carbons (Fsp3) is 0.238. The van der Waals surface area contributed by atoms with Crippen LogP contribution in [0.4, 0.5) is 11.5 Å². The van der Waals surface area contributed by atoms with Crippen LogP contribution in [0, 0.1) is 5.92 Å². The van der Waals surface area contributed by atoms with Crippen molar-refractivity contribution in [3.05, 3.63) is 65.9 Å². The Bertz CT molecular complexity index is 931. The van der Waals surface area contributed by atoms with Crippen LogP contribution < -0.4 is 10.2 Å². The molecule has 3 aromatic rings. The van der Waals surface area contributed by atoms with Crippen LogP contribution >= 0.6 is 11.6 Å². The zero-order chi connectivity index (χ0) is 19.3. The van der Waals surface area contributed by atoms with E-state index in [-0.39, 0.29) is 11.8 Å². The van der Waals surface area contributed by atoms with Crippen molar-refractivity contribution in [3.63, 3.8) is 0 Å². The minimum atomic E-state index is -0.0910. The molecule has 142 valence electrons. The average Bonchev–Trinajstić information content (AvgIpc) is 2.75. The van der Waals surface area contributed by atoms with Gasteiger partial charge in [0, 0.05) is 29.9 Å². The third-order valence-electron chi connectivity index (χ3n) is 4.84. The third-order valence-corrected chi connectivity index (χ3v) is 5.09. The number of carbonyl (C=O) groups excluding carboxylic acids is 1. The summed E-state index contributed by atoms with van der Waals surface area (Å²) in [6, 6.07) is 15.1. The van der Waals surface area contributed by atoms with E-state index < -0.39 is 0 Å². The summed E-state index contributed by atoms with van der Waals surface area (Å²) in [7, 11) is 0. The van der Waals surface area contributed by atoms with Gasteiger partial charge in [0.15, 0.2) is 5.82 Å². The summed E-state index contributed by atoms with van der Waals surface area (Å²) in [5, 5.41) is 12.4. The van der Waals surface area contributed by atoms with Gasteiger partial charge in [-0.2, -0.15) is 0 Å². The van der Waals surface area contributed by atoms with Crippen molar-refractivity contribution in [3.8, 4) is 11.3 Å². The first-order chi connectivity index (χ1) is 13.7. The van der Waals surface area contributed by atoms with Crippen molar-refractivity contribution in [2.45, 2.75) is 12.8 Å². The number of hydrogen-bond donors (Lipinski definition) is 1. The van der Waals surface area contributed by atoms with Gasteiger partial charge in [-0.05, 0) is 49.2 Å². The number of anilines is 2. The topological polar surface area (TPSA) is 71.0 Å². The largest absolute Gasteiger partial charge is 0.354 e. The van der Waals surface area contributed by atoms with E-state index >= 15 is 0 Å². The molecule has 3 heterocycles. The molecule has 1 atom stereocenters. The second kappa shape index (κ2) is 8.35. The molecule has 1 aliphatic heterocycles. The Kier molecular flexibility index (Phi) is 5.48. The number of rotatable bonds is 4. The van der Waals surface area contributed by atoms with Crippen LogP contribution in [0.1, 0.15) is 12.8 Å². The fourth-order valence-electron chi connectivity index (χ4n) is 3.35. The van der Waals surface area contributed by atoms with Gasteiger partial charge in [0.2, 0.25) is 5.91 Å². The molecule has 6 nitrogen and oxygen atoms in total. The maximum atomic E-state index is 12.6. The molecule has 0 aliphatic carbocycles. The van der Waals surface area contributed by atoms with Gasteiger partial charge in [0.25, 0.3) is 0 Å². The molecule has 1 saturated heterocycles. The van der Waals surface area contributed by atoms with Crippen molar-refractivity contribution in [1.29, 1.82) is 0 Å². The molecular formula is C21H20ClN5O. The Hall–Kier alpha value is -2.99. The Balaban J connectivity index is 1.42. The number of nitrogens with one attached hydrogen (secondary N) is 1. The van der Waals surface area contributed by atoms with Crippen LogP contribution in [-0.4, -0.2) is 34.2 Å². The van der Waals surface area contributed by atoms with E-state index in [1.807, 2.05) is 42.5 Å². The van der Waals surface area contributed by atoms with Gasteiger partial charge in [0.1, 0.15) is 0 Å². The normalized spacial score (nSPS) is 16.6. The van der Waals surface area contributed by atoms with Crippen molar-refractivity contribution in [2.75, 3.05) is 23.3 Å². The first-order valence-electron chi connectivity index (χ1n) is 9.24. The molecule has 28 heavy (non-hydrogen) atoms. The van der Waals surface area contributed by atoms with Gasteiger partial charge >= 0.3 is 0 Å². The highest BCUT2D eigenvalue weighted by molar-refractivity contribution is 6.30. The lowest BCUT2D eigenvalue weighted by Gasteiger charge is -2.32. The fourth-order valence-corrected chi connectivity index (χ4v) is 3.47. The van der Waals surface area contributed by atoms with Gasteiger partial charge in [0.05, 0.1) is 23.5 Å². The van der Waals surface area contributed by atoms with Crippen LogP contribution in [0.2, 0.25) is 5.02 Å². The molecule has 4 rings (SSSR count). The summed E-state index contributed by atoms with van der Waals surface area (Å²) in [5.41, 5.74) is 2.48. The summed E-state index contributed by atoms with van der Waals surface area (Å²) in [5.74, 6) is 0.715. The number of halogens is 1. The van der Waals surface area contributed by atoms with E-state index in [9.17, 15) is 4.79 Å². The van der Waals surface area contributed by atoms with Gasteiger partial charge < -0.3 is 10.2 Å². The van der Waals surface area contributed by atoms with Crippen LogP contribution in [0.5, 0.6) is 0 Å². The highest BCUT2D eigenvalue weighted by Gasteiger charge is 2.26. The van der Waals surface area contributed by atoms with Gasteiger partial charge in [-0.3, -0.25) is 9.78 Å². The van der Waals surface area contributed by atoms with Crippen molar-refractivity contribution in [2.24, 2.45) is 5.92 Å². The smallest absolute Gasteiger partial charge is 0.229 e. The summed E-state index contributed by atoms with van der Waals surface area (Å²) >= 11 is 5.94. The van der Waals surface area contributed by atoms with Gasteiger partial charge in [-0.25, -0.2) is 0 Å². The zero-order valence-corrected chi connectivity index (χ0v) is 16.0. The molecule has 0 bridgehead atoms. The molecule has 7 heteroatoms. The lowest BCUT2D eigenvalue weighted by atomic mass is 9.97. The van der Waals surface area contributed by atoms with E-state index in [2.05, 4.69) is 25.4 Å². The maximum absolute atomic E-state index is 12.6. The monoisotopic (exact) mass is 393 g/mol.